The lowest BCUT2D eigenvalue weighted by Gasteiger charge is -2.18. The van der Waals surface area contributed by atoms with Crippen LogP contribution < -0.4 is 10.3 Å². The molecular formula is C20H18F3N3O3S. The molecule has 30 heavy (non-hydrogen) atoms. The minimum absolute atomic E-state index is 0.00594. The fourth-order valence-corrected chi connectivity index (χ4v) is 3.84. The van der Waals surface area contributed by atoms with Crippen molar-refractivity contribution in [1.29, 1.82) is 0 Å². The van der Waals surface area contributed by atoms with E-state index in [9.17, 15) is 18.0 Å². The standard InChI is InChI=1S/C20H18F3N3O3S/c1-28-12-5-2-4-11(8-12)15-9-14(20(21,22)23)16-17(24-15)26(19(30)25-18(16)27)10-13-6-3-7-29-13/h2,4-5,8-9,13H,3,6-7,10H2,1H3,(H,25,27,30)/t13-/m1/s1. The number of ether oxygens (including phenoxy) is 2. The third kappa shape index (κ3) is 3.84. The highest BCUT2D eigenvalue weighted by Crippen LogP contribution is 2.36. The van der Waals surface area contributed by atoms with Crippen LogP contribution in [0.25, 0.3) is 22.3 Å². The number of fused-ring (bicyclic) bond motifs is 1. The first kappa shape index (κ1) is 20.5. The smallest absolute Gasteiger partial charge is 0.417 e. The van der Waals surface area contributed by atoms with E-state index in [1.807, 2.05) is 0 Å². The Morgan fingerprint density at radius 3 is 2.83 bits per heavy atom. The molecule has 0 spiro atoms. The van der Waals surface area contributed by atoms with E-state index in [0.29, 0.717) is 17.9 Å². The van der Waals surface area contributed by atoms with Gasteiger partial charge in [-0.1, -0.05) is 12.1 Å². The normalized spacial score (nSPS) is 16.9. The fraction of sp³-hybridized carbons (Fsp3) is 0.350. The Hall–Kier alpha value is -2.72. The first-order chi connectivity index (χ1) is 14.3. The monoisotopic (exact) mass is 437 g/mol. The lowest BCUT2D eigenvalue weighted by molar-refractivity contribution is -0.136. The summed E-state index contributed by atoms with van der Waals surface area (Å²) in [6, 6.07) is 7.43. The maximum Gasteiger partial charge on any atom is 0.417 e. The maximum atomic E-state index is 13.9. The average molecular weight is 437 g/mol. The zero-order valence-electron chi connectivity index (χ0n) is 16.0. The highest BCUT2D eigenvalue weighted by atomic mass is 32.1. The second-order valence-corrected chi connectivity index (χ2v) is 7.37. The minimum Gasteiger partial charge on any atom is -0.497 e. The van der Waals surface area contributed by atoms with Crippen molar-refractivity contribution in [2.75, 3.05) is 13.7 Å². The number of methoxy groups -OCH3 is 1. The third-order valence-corrected chi connectivity index (χ3v) is 5.35. The van der Waals surface area contributed by atoms with Crippen molar-refractivity contribution < 1.29 is 22.6 Å². The average Bonchev–Trinajstić information content (AvgIpc) is 3.23. The summed E-state index contributed by atoms with van der Waals surface area (Å²) in [5.41, 5.74) is -1.61. The largest absolute Gasteiger partial charge is 0.497 e. The van der Waals surface area contributed by atoms with Gasteiger partial charge in [-0.3, -0.25) is 14.3 Å². The van der Waals surface area contributed by atoms with Crippen molar-refractivity contribution in [2.24, 2.45) is 0 Å². The van der Waals surface area contributed by atoms with Crippen molar-refractivity contribution in [3.8, 4) is 17.0 Å². The van der Waals surface area contributed by atoms with Gasteiger partial charge in [0, 0.05) is 12.2 Å². The van der Waals surface area contributed by atoms with Crippen molar-refractivity contribution in [1.82, 2.24) is 14.5 Å². The van der Waals surface area contributed by atoms with Gasteiger partial charge in [-0.25, -0.2) is 4.98 Å². The molecule has 0 bridgehead atoms. The number of aromatic nitrogens is 3. The van der Waals surface area contributed by atoms with Crippen molar-refractivity contribution in [2.45, 2.75) is 31.7 Å². The first-order valence-electron chi connectivity index (χ1n) is 9.29. The lowest BCUT2D eigenvalue weighted by Crippen LogP contribution is -2.24. The van der Waals surface area contributed by atoms with E-state index in [0.717, 1.165) is 18.9 Å². The highest BCUT2D eigenvalue weighted by molar-refractivity contribution is 7.71. The van der Waals surface area contributed by atoms with Crippen molar-refractivity contribution in [3.05, 3.63) is 51.0 Å². The number of benzene rings is 1. The molecule has 1 fully saturated rings. The molecule has 0 amide bonds. The predicted octanol–water partition coefficient (Wildman–Crippen LogP) is 4.33. The summed E-state index contributed by atoms with van der Waals surface area (Å²) in [5, 5.41) is -0.541. The molecule has 0 aliphatic carbocycles. The number of nitrogens with zero attached hydrogens (tertiary/aromatic N) is 2. The molecule has 3 heterocycles. The van der Waals surface area contributed by atoms with Gasteiger partial charge in [-0.2, -0.15) is 13.2 Å². The molecule has 1 N–H and O–H groups in total. The summed E-state index contributed by atoms with van der Waals surface area (Å²) >= 11 is 5.25. The summed E-state index contributed by atoms with van der Waals surface area (Å²) in [6.07, 6.45) is -3.35. The molecule has 1 aliphatic heterocycles. The number of halogens is 3. The molecular weight excluding hydrogens is 419 g/mol. The Kier molecular flexibility index (Phi) is 5.37. The van der Waals surface area contributed by atoms with Gasteiger partial charge in [0.25, 0.3) is 5.56 Å². The molecule has 1 aliphatic rings. The van der Waals surface area contributed by atoms with Crippen LogP contribution in [-0.2, 0) is 17.5 Å². The Bertz CT molecular complexity index is 1210. The zero-order chi connectivity index (χ0) is 21.5. The van der Waals surface area contributed by atoms with E-state index in [1.54, 1.807) is 24.3 Å². The third-order valence-electron chi connectivity index (χ3n) is 5.03. The molecule has 10 heteroatoms. The summed E-state index contributed by atoms with van der Waals surface area (Å²) in [4.78, 5) is 19.3. The molecule has 3 aromatic rings. The molecule has 6 nitrogen and oxygen atoms in total. The van der Waals surface area contributed by atoms with Crippen molar-refractivity contribution in [3.63, 3.8) is 0 Å². The molecule has 0 radical (unpaired) electrons. The number of rotatable bonds is 4. The molecule has 1 saturated heterocycles. The maximum absolute atomic E-state index is 13.9. The minimum atomic E-state index is -4.76. The molecule has 0 saturated carbocycles. The van der Waals surface area contributed by atoms with Gasteiger partial charge in [-0.05, 0) is 43.3 Å². The Labute approximate surface area is 174 Å². The SMILES string of the molecule is COc1cccc(-c2cc(C(F)(F)F)c3c(=O)[nH]c(=S)n(C[C@H]4CCCO4)c3n2)c1. The van der Waals surface area contributed by atoms with E-state index in [1.165, 1.54) is 11.7 Å². The second-order valence-electron chi connectivity index (χ2n) is 6.99. The number of hydrogen-bond acceptors (Lipinski definition) is 5. The van der Waals surface area contributed by atoms with E-state index >= 15 is 0 Å². The van der Waals surface area contributed by atoms with Crippen LogP contribution in [0.2, 0.25) is 0 Å². The van der Waals surface area contributed by atoms with Gasteiger partial charge in [0.05, 0.1) is 36.4 Å². The van der Waals surface area contributed by atoms with E-state index in [-0.39, 0.29) is 28.8 Å². The lowest BCUT2D eigenvalue weighted by atomic mass is 10.1. The zero-order valence-corrected chi connectivity index (χ0v) is 16.8. The number of H-pyrrole nitrogens is 1. The van der Waals surface area contributed by atoms with Gasteiger partial charge in [-0.15, -0.1) is 0 Å². The molecule has 158 valence electrons. The van der Waals surface area contributed by atoms with Gasteiger partial charge in [0.1, 0.15) is 11.4 Å². The predicted molar refractivity (Wildman–Crippen MR) is 107 cm³/mol. The number of alkyl halides is 3. The van der Waals surface area contributed by atoms with Crippen LogP contribution >= 0.6 is 12.2 Å². The molecule has 4 rings (SSSR count). The van der Waals surface area contributed by atoms with Crippen LogP contribution in [0.5, 0.6) is 5.75 Å². The Morgan fingerprint density at radius 2 is 2.17 bits per heavy atom. The van der Waals surface area contributed by atoms with Crippen LogP contribution in [0.1, 0.15) is 18.4 Å². The summed E-state index contributed by atoms with van der Waals surface area (Å²) in [6.45, 7) is 0.785. The number of nitrogens with one attached hydrogen (secondary N) is 1. The van der Waals surface area contributed by atoms with Crippen LogP contribution in [0, 0.1) is 4.77 Å². The second kappa shape index (κ2) is 7.84. The quantitative estimate of drug-likeness (QED) is 0.616. The van der Waals surface area contributed by atoms with Crippen LogP contribution in [0.15, 0.2) is 35.1 Å². The number of aromatic amines is 1. The summed E-state index contributed by atoms with van der Waals surface area (Å²) in [7, 11) is 1.46. The molecule has 1 aromatic carbocycles. The number of hydrogen-bond donors (Lipinski definition) is 1. The van der Waals surface area contributed by atoms with Crippen LogP contribution in [0.4, 0.5) is 13.2 Å². The van der Waals surface area contributed by atoms with Gasteiger partial charge < -0.3 is 9.47 Å². The van der Waals surface area contributed by atoms with Crippen LogP contribution in [-0.4, -0.2) is 34.4 Å². The van der Waals surface area contributed by atoms with Gasteiger partial charge in [0.15, 0.2) is 4.77 Å². The van der Waals surface area contributed by atoms with E-state index in [2.05, 4.69) is 9.97 Å². The Balaban J connectivity index is 2.02. The van der Waals surface area contributed by atoms with Gasteiger partial charge >= 0.3 is 6.18 Å². The highest BCUT2D eigenvalue weighted by Gasteiger charge is 2.36. The summed E-state index contributed by atoms with van der Waals surface area (Å²) in [5.74, 6) is 0.477. The summed E-state index contributed by atoms with van der Waals surface area (Å²) < 4.78 is 53.9. The van der Waals surface area contributed by atoms with Crippen molar-refractivity contribution >= 4 is 23.3 Å². The van der Waals surface area contributed by atoms with E-state index in [4.69, 9.17) is 21.7 Å². The van der Waals surface area contributed by atoms with Crippen LogP contribution in [0.3, 0.4) is 0 Å². The van der Waals surface area contributed by atoms with E-state index < -0.39 is 22.7 Å². The topological polar surface area (TPSA) is 69.1 Å². The first-order valence-corrected chi connectivity index (χ1v) is 9.70. The Morgan fingerprint density at radius 1 is 1.37 bits per heavy atom. The molecule has 0 unspecified atom stereocenters. The number of pyridine rings is 1. The molecule has 2 aromatic heterocycles. The van der Waals surface area contributed by atoms with Gasteiger partial charge in [0.2, 0.25) is 0 Å². The molecule has 1 atom stereocenters. The fourth-order valence-electron chi connectivity index (χ4n) is 3.59.